The van der Waals surface area contributed by atoms with Crippen LogP contribution in [0.3, 0.4) is 0 Å². The number of carbonyl (C=O) groups is 1. The van der Waals surface area contributed by atoms with E-state index >= 15 is 0 Å². The van der Waals surface area contributed by atoms with Gasteiger partial charge in [0.15, 0.2) is 0 Å². The smallest absolute Gasteiger partial charge is 0.256 e. The monoisotopic (exact) mass is 412 g/mol. The topological polar surface area (TPSA) is 69.0 Å². The number of nitrogens with zero attached hydrogens (tertiary/aromatic N) is 3. The predicted octanol–water partition coefficient (Wildman–Crippen LogP) is 5.01. The second-order valence-electron chi connectivity index (χ2n) is 6.30. The summed E-state index contributed by atoms with van der Waals surface area (Å²) in [6.45, 7) is 3.86. The fourth-order valence-corrected chi connectivity index (χ4v) is 4.13. The first-order valence-corrected chi connectivity index (χ1v) is 9.74. The van der Waals surface area contributed by atoms with E-state index in [1.54, 1.807) is 36.1 Å². The molecule has 0 saturated heterocycles. The Labute approximate surface area is 170 Å². The number of methoxy groups -OCH3 is 1. The van der Waals surface area contributed by atoms with E-state index in [9.17, 15) is 4.79 Å². The van der Waals surface area contributed by atoms with E-state index in [0.717, 1.165) is 21.5 Å². The molecule has 8 heteroatoms. The van der Waals surface area contributed by atoms with Crippen molar-refractivity contribution >= 4 is 44.9 Å². The number of amides is 1. The van der Waals surface area contributed by atoms with E-state index < -0.39 is 0 Å². The van der Waals surface area contributed by atoms with Gasteiger partial charge in [-0.1, -0.05) is 29.0 Å². The van der Waals surface area contributed by atoms with Gasteiger partial charge in [-0.3, -0.25) is 4.79 Å². The summed E-state index contributed by atoms with van der Waals surface area (Å²) >= 11 is 7.76. The van der Waals surface area contributed by atoms with E-state index in [4.69, 9.17) is 16.3 Å². The molecule has 2 heterocycles. The van der Waals surface area contributed by atoms with Gasteiger partial charge >= 0.3 is 0 Å². The van der Waals surface area contributed by atoms with E-state index in [-0.39, 0.29) is 5.91 Å². The van der Waals surface area contributed by atoms with Crippen LogP contribution in [0.4, 0.5) is 5.82 Å². The van der Waals surface area contributed by atoms with Gasteiger partial charge in [-0.05, 0) is 49.7 Å². The van der Waals surface area contributed by atoms with Crippen molar-refractivity contribution in [3.63, 3.8) is 0 Å². The van der Waals surface area contributed by atoms with Crippen molar-refractivity contribution in [2.75, 3.05) is 12.4 Å². The Kier molecular flexibility index (Phi) is 4.78. The number of aryl methyl sites for hydroxylation is 2. The zero-order valence-electron chi connectivity index (χ0n) is 15.5. The lowest BCUT2D eigenvalue weighted by Gasteiger charge is -2.07. The first kappa shape index (κ1) is 18.5. The van der Waals surface area contributed by atoms with Crippen molar-refractivity contribution < 1.29 is 9.53 Å². The lowest BCUT2D eigenvalue weighted by atomic mass is 10.2. The highest BCUT2D eigenvalue weighted by Crippen LogP contribution is 2.34. The van der Waals surface area contributed by atoms with Crippen molar-refractivity contribution in [3.05, 3.63) is 64.3 Å². The molecule has 4 aromatic rings. The Morgan fingerprint density at radius 2 is 1.93 bits per heavy atom. The molecule has 0 atom stereocenters. The lowest BCUT2D eigenvalue weighted by molar-refractivity contribution is 0.102. The molecule has 2 aromatic carbocycles. The molecule has 28 heavy (non-hydrogen) atoms. The van der Waals surface area contributed by atoms with Gasteiger partial charge in [-0.15, -0.1) is 0 Å². The largest absolute Gasteiger partial charge is 0.497 e. The number of hydrogen-bond acceptors (Lipinski definition) is 5. The molecule has 1 N–H and O–H groups in total. The summed E-state index contributed by atoms with van der Waals surface area (Å²) in [5.41, 5.74) is 3.17. The molecular formula is C20H17ClN4O2S. The summed E-state index contributed by atoms with van der Waals surface area (Å²) in [6.07, 6.45) is 0. The molecule has 0 saturated carbocycles. The number of rotatable bonds is 4. The van der Waals surface area contributed by atoms with Crippen LogP contribution in [-0.2, 0) is 0 Å². The number of benzene rings is 2. The maximum Gasteiger partial charge on any atom is 0.256 e. The molecule has 2 aromatic heterocycles. The van der Waals surface area contributed by atoms with Crippen molar-refractivity contribution in [1.29, 1.82) is 0 Å². The van der Waals surface area contributed by atoms with Crippen molar-refractivity contribution in [1.82, 2.24) is 14.8 Å². The van der Waals surface area contributed by atoms with Gasteiger partial charge in [-0.25, -0.2) is 4.98 Å². The Morgan fingerprint density at radius 1 is 1.18 bits per heavy atom. The molecule has 142 valence electrons. The number of aromatic nitrogens is 3. The molecule has 0 unspecified atom stereocenters. The number of anilines is 1. The maximum atomic E-state index is 12.7. The number of nitrogens with one attached hydrogen (secondary N) is 1. The van der Waals surface area contributed by atoms with Crippen molar-refractivity contribution in [2.24, 2.45) is 0 Å². The highest BCUT2D eigenvalue weighted by Gasteiger charge is 2.17. The van der Waals surface area contributed by atoms with E-state index in [2.05, 4.69) is 15.4 Å². The summed E-state index contributed by atoms with van der Waals surface area (Å²) in [6, 6.07) is 12.5. The van der Waals surface area contributed by atoms with Crippen molar-refractivity contribution in [3.8, 4) is 10.9 Å². The highest BCUT2D eigenvalue weighted by atomic mass is 35.5. The van der Waals surface area contributed by atoms with Crippen molar-refractivity contribution in [2.45, 2.75) is 13.8 Å². The van der Waals surface area contributed by atoms with Crippen LogP contribution in [0.25, 0.3) is 15.3 Å². The minimum Gasteiger partial charge on any atom is -0.497 e. The molecular weight excluding hydrogens is 396 g/mol. The summed E-state index contributed by atoms with van der Waals surface area (Å²) in [7, 11) is 1.59. The first-order valence-electron chi connectivity index (χ1n) is 8.54. The summed E-state index contributed by atoms with van der Waals surface area (Å²) in [5.74, 6) is 1.00. The van der Waals surface area contributed by atoms with Crippen LogP contribution >= 0.6 is 22.9 Å². The Hall–Kier alpha value is -2.90. The predicted molar refractivity (Wildman–Crippen MR) is 112 cm³/mol. The molecule has 0 fully saturated rings. The van der Waals surface area contributed by atoms with Gasteiger partial charge in [0, 0.05) is 11.6 Å². The number of halogens is 1. The number of ether oxygens (including phenoxy) is 1. The third kappa shape index (κ3) is 3.34. The SMILES string of the molecule is COc1ccc(C(=O)Nc2cc(C)nn2-c2nc3c(C)ccc(Cl)c3s2)cc1. The minimum absolute atomic E-state index is 0.237. The zero-order valence-corrected chi connectivity index (χ0v) is 17.1. The van der Waals surface area contributed by atoms with Gasteiger partial charge < -0.3 is 10.1 Å². The molecule has 1 amide bonds. The Bertz CT molecular complexity index is 1140. The molecule has 0 aliphatic rings. The highest BCUT2D eigenvalue weighted by molar-refractivity contribution is 7.21. The molecule has 0 aliphatic carbocycles. The second-order valence-corrected chi connectivity index (χ2v) is 7.69. The Balaban J connectivity index is 1.70. The van der Waals surface area contributed by atoms with Gasteiger partial charge in [0.1, 0.15) is 11.6 Å². The Morgan fingerprint density at radius 3 is 2.61 bits per heavy atom. The van der Waals surface area contributed by atoms with Crippen LogP contribution in [0.1, 0.15) is 21.6 Å². The fraction of sp³-hybridized carbons (Fsp3) is 0.150. The second kappa shape index (κ2) is 7.26. The quantitative estimate of drug-likeness (QED) is 0.511. The molecule has 0 bridgehead atoms. The van der Waals surface area contributed by atoms with Crippen LogP contribution in [0.5, 0.6) is 5.75 Å². The van der Waals surface area contributed by atoms with E-state index in [1.807, 2.05) is 32.0 Å². The lowest BCUT2D eigenvalue weighted by Crippen LogP contribution is -2.15. The number of thiazole rings is 1. The summed E-state index contributed by atoms with van der Waals surface area (Å²) < 4.78 is 7.67. The first-order chi connectivity index (χ1) is 13.5. The molecule has 6 nitrogen and oxygen atoms in total. The third-order valence-electron chi connectivity index (χ3n) is 4.29. The molecule has 0 radical (unpaired) electrons. The average molecular weight is 413 g/mol. The van der Waals surface area contributed by atoms with Crippen LogP contribution < -0.4 is 10.1 Å². The van der Waals surface area contributed by atoms with E-state index in [1.165, 1.54) is 11.3 Å². The van der Waals surface area contributed by atoms with Gasteiger partial charge in [0.2, 0.25) is 5.13 Å². The number of fused-ring (bicyclic) bond motifs is 1. The normalized spacial score (nSPS) is 11.0. The number of hydrogen-bond donors (Lipinski definition) is 1. The van der Waals surface area contributed by atoms with Crippen LogP contribution in [0, 0.1) is 13.8 Å². The summed E-state index contributed by atoms with van der Waals surface area (Å²) in [4.78, 5) is 17.3. The zero-order chi connectivity index (χ0) is 19.8. The summed E-state index contributed by atoms with van der Waals surface area (Å²) in [5, 5.41) is 8.70. The maximum absolute atomic E-state index is 12.7. The minimum atomic E-state index is -0.237. The van der Waals surface area contributed by atoms with Crippen LogP contribution in [0.15, 0.2) is 42.5 Å². The average Bonchev–Trinajstić information content (AvgIpc) is 3.29. The van der Waals surface area contributed by atoms with Crippen LogP contribution in [0.2, 0.25) is 5.02 Å². The molecule has 0 spiro atoms. The number of carbonyl (C=O) groups excluding carboxylic acids is 1. The van der Waals surface area contributed by atoms with Gasteiger partial charge in [0.05, 0.1) is 28.0 Å². The van der Waals surface area contributed by atoms with Gasteiger partial charge in [0.25, 0.3) is 5.91 Å². The third-order valence-corrected chi connectivity index (χ3v) is 5.78. The molecule has 0 aliphatic heterocycles. The van der Waals surface area contributed by atoms with Crippen LogP contribution in [-0.4, -0.2) is 27.8 Å². The standard InChI is InChI=1S/C20H17ClN4O2S/c1-11-4-9-15(21)18-17(11)23-20(28-18)25-16(10-12(2)24-25)22-19(26)13-5-7-14(27-3)8-6-13/h4-10H,1-3H3,(H,22,26). The van der Waals surface area contributed by atoms with Gasteiger partial charge in [-0.2, -0.15) is 9.78 Å². The van der Waals surface area contributed by atoms with E-state index in [0.29, 0.717) is 27.3 Å². The molecule has 4 rings (SSSR count). The fourth-order valence-electron chi connectivity index (χ4n) is 2.85.